The average Bonchev–Trinajstić information content (AvgIpc) is 2.73. The summed E-state index contributed by atoms with van der Waals surface area (Å²) >= 11 is 5.00. The smallest absolute Gasteiger partial charge is 0.339 e. The predicted octanol–water partition coefficient (Wildman–Crippen LogP) is 3.22. The summed E-state index contributed by atoms with van der Waals surface area (Å²) in [4.78, 5) is 15.9. The minimum atomic E-state index is -0.979. The van der Waals surface area contributed by atoms with Crippen molar-refractivity contribution < 1.29 is 9.90 Å². The Morgan fingerprint density at radius 2 is 2.29 bits per heavy atom. The zero-order valence-corrected chi connectivity index (χ0v) is 11.1. The van der Waals surface area contributed by atoms with Crippen molar-refractivity contribution in [3.63, 3.8) is 0 Å². The van der Waals surface area contributed by atoms with Gasteiger partial charge < -0.3 is 10.4 Å². The Bertz CT molecular complexity index is 542. The number of anilines is 1. The molecule has 0 spiro atoms. The Balaban J connectivity index is 2.11. The van der Waals surface area contributed by atoms with Crippen molar-refractivity contribution in [2.45, 2.75) is 6.54 Å². The fraction of sp³-hybridized carbons (Fsp3) is 0.0909. The Kier molecular flexibility index (Phi) is 3.75. The van der Waals surface area contributed by atoms with Crippen LogP contribution in [0.5, 0.6) is 0 Å². The molecule has 0 saturated heterocycles. The van der Waals surface area contributed by atoms with Gasteiger partial charge in [-0.3, -0.25) is 4.98 Å². The normalized spacial score (nSPS) is 10.2. The molecule has 0 amide bonds. The number of aromatic carboxylic acids is 1. The third-order valence-corrected chi connectivity index (χ3v) is 3.76. The number of thiophene rings is 1. The number of hydrogen-bond acceptors (Lipinski definition) is 4. The van der Waals surface area contributed by atoms with E-state index in [1.807, 2.05) is 12.1 Å². The molecule has 0 bridgehead atoms. The fourth-order valence-electron chi connectivity index (χ4n) is 1.35. The molecule has 88 valence electrons. The maximum Gasteiger partial charge on any atom is 0.339 e. The maximum absolute atomic E-state index is 11.0. The Morgan fingerprint density at radius 3 is 2.94 bits per heavy atom. The standard InChI is InChI=1S/C11H9BrN2O2S/c12-10-2-1-7(17-10)5-14-9-3-4-13-6-8(9)11(15)16/h1-4,6H,5H2,(H,13,14)(H,15,16). The van der Waals surface area contributed by atoms with Crippen molar-refractivity contribution >= 4 is 38.9 Å². The SMILES string of the molecule is O=C(O)c1cnccc1NCc1ccc(Br)s1. The predicted molar refractivity (Wildman–Crippen MR) is 70.5 cm³/mol. The van der Waals surface area contributed by atoms with Crippen LogP contribution in [0.2, 0.25) is 0 Å². The lowest BCUT2D eigenvalue weighted by Gasteiger charge is -2.07. The van der Waals surface area contributed by atoms with Crippen LogP contribution in [-0.2, 0) is 6.54 Å². The van der Waals surface area contributed by atoms with E-state index in [1.165, 1.54) is 6.20 Å². The highest BCUT2D eigenvalue weighted by molar-refractivity contribution is 9.11. The number of carboxylic acids is 1. The van der Waals surface area contributed by atoms with Gasteiger partial charge in [-0.2, -0.15) is 0 Å². The van der Waals surface area contributed by atoms with Crippen LogP contribution < -0.4 is 5.32 Å². The highest BCUT2D eigenvalue weighted by Crippen LogP contribution is 2.23. The Hall–Kier alpha value is -1.40. The number of hydrogen-bond donors (Lipinski definition) is 2. The zero-order chi connectivity index (χ0) is 12.3. The van der Waals surface area contributed by atoms with Crippen LogP contribution in [0.15, 0.2) is 34.4 Å². The molecule has 0 radical (unpaired) electrons. The molecule has 0 unspecified atom stereocenters. The van der Waals surface area contributed by atoms with Gasteiger partial charge in [-0.1, -0.05) is 0 Å². The van der Waals surface area contributed by atoms with E-state index in [4.69, 9.17) is 5.11 Å². The number of halogens is 1. The first kappa shape index (κ1) is 12.1. The van der Waals surface area contributed by atoms with Crippen molar-refractivity contribution in [3.8, 4) is 0 Å². The van der Waals surface area contributed by atoms with E-state index in [1.54, 1.807) is 23.6 Å². The zero-order valence-electron chi connectivity index (χ0n) is 8.68. The molecule has 4 nitrogen and oxygen atoms in total. The summed E-state index contributed by atoms with van der Waals surface area (Å²) in [5.74, 6) is -0.979. The van der Waals surface area contributed by atoms with Crippen LogP contribution in [0.4, 0.5) is 5.69 Å². The first-order chi connectivity index (χ1) is 8.16. The first-order valence-corrected chi connectivity index (χ1v) is 6.43. The van der Waals surface area contributed by atoms with Crippen molar-refractivity contribution in [2.24, 2.45) is 0 Å². The summed E-state index contributed by atoms with van der Waals surface area (Å²) in [7, 11) is 0. The van der Waals surface area contributed by atoms with Gasteiger partial charge in [-0.05, 0) is 34.1 Å². The van der Waals surface area contributed by atoms with E-state index in [0.29, 0.717) is 12.2 Å². The summed E-state index contributed by atoms with van der Waals surface area (Å²) in [5.41, 5.74) is 0.764. The average molecular weight is 313 g/mol. The monoisotopic (exact) mass is 312 g/mol. The van der Waals surface area contributed by atoms with Gasteiger partial charge in [0.15, 0.2) is 0 Å². The van der Waals surface area contributed by atoms with Crippen molar-refractivity contribution in [1.29, 1.82) is 0 Å². The molecule has 2 aromatic heterocycles. The van der Waals surface area contributed by atoms with Crippen molar-refractivity contribution in [1.82, 2.24) is 4.98 Å². The summed E-state index contributed by atoms with van der Waals surface area (Å²) < 4.78 is 1.06. The van der Waals surface area contributed by atoms with Crippen LogP contribution in [0, 0.1) is 0 Å². The van der Waals surface area contributed by atoms with E-state index >= 15 is 0 Å². The molecule has 0 aliphatic carbocycles. The number of pyridine rings is 1. The van der Waals surface area contributed by atoms with Crippen LogP contribution in [0.3, 0.4) is 0 Å². The first-order valence-electron chi connectivity index (χ1n) is 4.82. The van der Waals surface area contributed by atoms with E-state index in [0.717, 1.165) is 8.66 Å². The molecule has 0 saturated carbocycles. The minimum absolute atomic E-state index is 0.183. The third kappa shape index (κ3) is 3.04. The molecule has 0 aromatic carbocycles. The van der Waals surface area contributed by atoms with Crippen molar-refractivity contribution in [3.05, 3.63) is 44.8 Å². The van der Waals surface area contributed by atoms with Gasteiger partial charge in [0.2, 0.25) is 0 Å². The number of nitrogens with zero attached hydrogens (tertiary/aromatic N) is 1. The van der Waals surface area contributed by atoms with E-state index < -0.39 is 5.97 Å². The highest BCUT2D eigenvalue weighted by Gasteiger charge is 2.09. The van der Waals surface area contributed by atoms with Crippen LogP contribution in [0.1, 0.15) is 15.2 Å². The molecule has 0 atom stereocenters. The Labute approximate surface area is 110 Å². The maximum atomic E-state index is 11.0. The summed E-state index contributed by atoms with van der Waals surface area (Å²) in [5, 5.41) is 12.1. The number of carbonyl (C=O) groups is 1. The van der Waals surface area contributed by atoms with Crippen LogP contribution in [-0.4, -0.2) is 16.1 Å². The number of rotatable bonds is 4. The second-order valence-electron chi connectivity index (χ2n) is 3.29. The van der Waals surface area contributed by atoms with E-state index in [9.17, 15) is 4.79 Å². The molecule has 2 N–H and O–H groups in total. The van der Waals surface area contributed by atoms with E-state index in [2.05, 4.69) is 26.2 Å². The second-order valence-corrected chi connectivity index (χ2v) is 5.83. The Morgan fingerprint density at radius 1 is 1.47 bits per heavy atom. The van der Waals surface area contributed by atoms with Crippen molar-refractivity contribution in [2.75, 3.05) is 5.32 Å². The molecule has 2 heterocycles. The van der Waals surface area contributed by atoms with Gasteiger partial charge >= 0.3 is 5.97 Å². The van der Waals surface area contributed by atoms with E-state index in [-0.39, 0.29) is 5.56 Å². The molecule has 0 aliphatic heterocycles. The fourth-order valence-corrected chi connectivity index (χ4v) is 2.77. The largest absolute Gasteiger partial charge is 0.478 e. The summed E-state index contributed by atoms with van der Waals surface area (Å²) in [6, 6.07) is 5.61. The second kappa shape index (κ2) is 5.29. The molecule has 0 aliphatic rings. The lowest BCUT2D eigenvalue weighted by Crippen LogP contribution is -2.06. The van der Waals surface area contributed by atoms with Gasteiger partial charge in [-0.25, -0.2) is 4.79 Å². The molecular weight excluding hydrogens is 304 g/mol. The van der Waals surface area contributed by atoms with Gasteiger partial charge in [0, 0.05) is 23.8 Å². The molecular formula is C11H9BrN2O2S. The summed E-state index contributed by atoms with van der Waals surface area (Å²) in [6.45, 7) is 0.598. The number of nitrogens with one attached hydrogen (secondary N) is 1. The van der Waals surface area contributed by atoms with Crippen LogP contribution >= 0.6 is 27.3 Å². The van der Waals surface area contributed by atoms with Gasteiger partial charge in [0.1, 0.15) is 5.56 Å². The highest BCUT2D eigenvalue weighted by atomic mass is 79.9. The quantitative estimate of drug-likeness (QED) is 0.910. The van der Waals surface area contributed by atoms with Crippen LogP contribution in [0.25, 0.3) is 0 Å². The molecule has 2 rings (SSSR count). The van der Waals surface area contributed by atoms with Gasteiger partial charge in [-0.15, -0.1) is 11.3 Å². The molecule has 0 fully saturated rings. The number of carboxylic acid groups (broad SMARTS) is 1. The lowest BCUT2D eigenvalue weighted by atomic mass is 10.2. The summed E-state index contributed by atoms with van der Waals surface area (Å²) in [6.07, 6.45) is 2.91. The molecule has 2 aromatic rings. The molecule has 6 heteroatoms. The molecule has 17 heavy (non-hydrogen) atoms. The number of aromatic nitrogens is 1. The third-order valence-electron chi connectivity index (χ3n) is 2.13. The lowest BCUT2D eigenvalue weighted by molar-refractivity contribution is 0.0697. The van der Waals surface area contributed by atoms with Gasteiger partial charge in [0.25, 0.3) is 0 Å². The topological polar surface area (TPSA) is 62.2 Å². The van der Waals surface area contributed by atoms with Gasteiger partial charge in [0.05, 0.1) is 9.47 Å². The minimum Gasteiger partial charge on any atom is -0.478 e.